The summed E-state index contributed by atoms with van der Waals surface area (Å²) in [5.74, 6) is -7.22. The third-order valence-corrected chi connectivity index (χ3v) is 10.5. The number of aliphatic hydroxyl groups excluding tert-OH is 2. The van der Waals surface area contributed by atoms with Crippen LogP contribution in [0.4, 0.5) is 0 Å². The normalized spacial score (nSPS) is 46.8. The Labute approximate surface area is 226 Å². The Morgan fingerprint density at radius 1 is 1.15 bits per heavy atom. The molecule has 2 heterocycles. The van der Waals surface area contributed by atoms with Crippen LogP contribution in [0.25, 0.3) is 0 Å². The molecule has 1 unspecified atom stereocenters. The summed E-state index contributed by atoms with van der Waals surface area (Å²) in [5, 5.41) is 23.3. The standard InChI is InChI=1S/C28H36O11/c1-11(2)12(3)7-17(30)39-20-22-27-10-37-28(22,25(35)36-6)23(33)19(32)21(27)26(5)9-15(29)18(31)13(4)14(26)8-16(27)38-24(20)34/h7,11,13-14,16,19-23,32-33H,8-10H2,1-6H3/b12-7+/t13?,14-,16+,19+,20+,21+,22+,23-,26-,27+,28-/m0/s1. The number of ketones is 2. The van der Waals surface area contributed by atoms with Crippen molar-refractivity contribution < 1.29 is 53.1 Å². The molecule has 11 atom stereocenters. The lowest BCUT2D eigenvalue weighted by Crippen LogP contribution is -2.79. The van der Waals surface area contributed by atoms with E-state index in [1.54, 1.807) is 20.8 Å². The number of esters is 3. The smallest absolute Gasteiger partial charge is 0.348 e. The van der Waals surface area contributed by atoms with E-state index < -0.39 is 94.0 Å². The Hall–Kier alpha value is -2.63. The fourth-order valence-electron chi connectivity index (χ4n) is 8.56. The van der Waals surface area contributed by atoms with Crippen molar-refractivity contribution in [3.8, 4) is 0 Å². The molecule has 39 heavy (non-hydrogen) atoms. The Balaban J connectivity index is 1.69. The van der Waals surface area contributed by atoms with Crippen LogP contribution < -0.4 is 0 Å². The van der Waals surface area contributed by atoms with Gasteiger partial charge in [-0.25, -0.2) is 14.4 Å². The van der Waals surface area contributed by atoms with Gasteiger partial charge in [-0.3, -0.25) is 9.59 Å². The third-order valence-electron chi connectivity index (χ3n) is 10.5. The maximum Gasteiger partial charge on any atom is 0.348 e. The van der Waals surface area contributed by atoms with Gasteiger partial charge < -0.3 is 29.2 Å². The van der Waals surface area contributed by atoms with E-state index in [1.807, 2.05) is 13.8 Å². The largest absolute Gasteiger partial charge is 0.467 e. The van der Waals surface area contributed by atoms with E-state index in [1.165, 1.54) is 6.08 Å². The van der Waals surface area contributed by atoms with Crippen LogP contribution in [0.15, 0.2) is 11.6 Å². The van der Waals surface area contributed by atoms with Crippen LogP contribution in [0.5, 0.6) is 0 Å². The highest BCUT2D eigenvalue weighted by atomic mass is 16.6. The maximum absolute atomic E-state index is 13.5. The molecule has 3 aliphatic carbocycles. The predicted molar refractivity (Wildman–Crippen MR) is 130 cm³/mol. The minimum absolute atomic E-state index is 0.0274. The van der Waals surface area contributed by atoms with Crippen LogP contribution in [-0.4, -0.2) is 83.4 Å². The van der Waals surface area contributed by atoms with Crippen molar-refractivity contribution in [2.75, 3.05) is 13.7 Å². The average Bonchev–Trinajstić information content (AvgIpc) is 3.18. The molecule has 2 bridgehead atoms. The van der Waals surface area contributed by atoms with Gasteiger partial charge in [-0.15, -0.1) is 0 Å². The van der Waals surface area contributed by atoms with E-state index in [-0.39, 0.29) is 25.4 Å². The minimum Gasteiger partial charge on any atom is -0.467 e. The summed E-state index contributed by atoms with van der Waals surface area (Å²) >= 11 is 0. The van der Waals surface area contributed by atoms with Gasteiger partial charge in [0.25, 0.3) is 0 Å². The molecule has 0 aromatic heterocycles. The zero-order valence-corrected chi connectivity index (χ0v) is 23.0. The second kappa shape index (κ2) is 8.94. The molecular weight excluding hydrogens is 512 g/mol. The molecule has 0 aromatic rings. The number of ether oxygens (including phenoxy) is 4. The van der Waals surface area contributed by atoms with Crippen molar-refractivity contribution in [1.82, 2.24) is 0 Å². The van der Waals surface area contributed by atoms with Gasteiger partial charge in [0.05, 0.1) is 25.7 Å². The van der Waals surface area contributed by atoms with Crippen LogP contribution >= 0.6 is 0 Å². The van der Waals surface area contributed by atoms with Gasteiger partial charge in [-0.2, -0.15) is 0 Å². The molecule has 2 aliphatic heterocycles. The summed E-state index contributed by atoms with van der Waals surface area (Å²) in [7, 11) is 1.09. The topological polar surface area (TPSA) is 163 Å². The Morgan fingerprint density at radius 3 is 2.44 bits per heavy atom. The Bertz CT molecular complexity index is 1170. The highest BCUT2D eigenvalue weighted by Gasteiger charge is 2.85. The minimum atomic E-state index is -2.23. The van der Waals surface area contributed by atoms with E-state index >= 15 is 0 Å². The molecule has 2 saturated heterocycles. The summed E-state index contributed by atoms with van der Waals surface area (Å²) < 4.78 is 22.7. The van der Waals surface area contributed by atoms with Gasteiger partial charge in [-0.05, 0) is 30.6 Å². The van der Waals surface area contributed by atoms with Crippen molar-refractivity contribution >= 4 is 29.5 Å². The lowest BCUT2D eigenvalue weighted by molar-refractivity contribution is -0.295. The molecule has 5 fully saturated rings. The summed E-state index contributed by atoms with van der Waals surface area (Å²) in [5.41, 5.74) is -3.85. The van der Waals surface area contributed by atoms with Crippen molar-refractivity contribution in [3.05, 3.63) is 11.6 Å². The van der Waals surface area contributed by atoms with E-state index in [0.29, 0.717) is 5.57 Å². The van der Waals surface area contributed by atoms with Gasteiger partial charge >= 0.3 is 17.9 Å². The predicted octanol–water partition coefficient (Wildman–Crippen LogP) is 0.526. The first-order valence-electron chi connectivity index (χ1n) is 13.4. The van der Waals surface area contributed by atoms with Crippen LogP contribution in [0.1, 0.15) is 47.5 Å². The molecule has 0 aromatic carbocycles. The molecule has 5 rings (SSSR count). The monoisotopic (exact) mass is 548 g/mol. The third kappa shape index (κ3) is 3.42. The van der Waals surface area contributed by atoms with E-state index in [4.69, 9.17) is 18.9 Å². The van der Waals surface area contributed by atoms with Gasteiger partial charge in [-0.1, -0.05) is 33.3 Å². The number of rotatable bonds is 4. The molecule has 11 heteroatoms. The Kier molecular flexibility index (Phi) is 6.40. The molecule has 2 N–H and O–H groups in total. The molecule has 1 spiro atoms. The van der Waals surface area contributed by atoms with Crippen molar-refractivity contribution in [3.63, 3.8) is 0 Å². The molecule has 214 valence electrons. The van der Waals surface area contributed by atoms with Crippen LogP contribution in [-0.2, 0) is 42.9 Å². The number of hydrogen-bond donors (Lipinski definition) is 2. The van der Waals surface area contributed by atoms with Gasteiger partial charge in [0.1, 0.15) is 12.2 Å². The fraction of sp³-hybridized carbons (Fsp3) is 0.750. The maximum atomic E-state index is 13.5. The number of hydrogen-bond acceptors (Lipinski definition) is 11. The van der Waals surface area contributed by atoms with Crippen LogP contribution in [0, 0.1) is 40.4 Å². The van der Waals surface area contributed by atoms with Crippen molar-refractivity contribution in [2.45, 2.75) is 77.5 Å². The lowest BCUT2D eigenvalue weighted by Gasteiger charge is -2.67. The first kappa shape index (κ1) is 27.9. The van der Waals surface area contributed by atoms with Crippen molar-refractivity contribution in [1.29, 1.82) is 0 Å². The number of aliphatic hydroxyl groups is 2. The summed E-state index contributed by atoms with van der Waals surface area (Å²) in [6, 6.07) is 0. The molecule has 11 nitrogen and oxygen atoms in total. The SMILES string of the molecule is COC(=O)[C@@]12OC[C@]34[C@H]([C@@H](O)[C@@H]1O)[C@@]1(C)CC(=O)C(=O)C(C)[C@@H]1C[C@H]3OC(=O)[C@H](OC(=O)/C=C(\C)C(C)C)[C@@H]24. The van der Waals surface area contributed by atoms with Gasteiger partial charge in [0, 0.05) is 29.7 Å². The first-order chi connectivity index (χ1) is 18.2. The number of carbonyl (C=O) groups is 5. The van der Waals surface area contributed by atoms with Crippen LogP contribution in [0.3, 0.4) is 0 Å². The quantitative estimate of drug-likeness (QED) is 0.218. The summed E-state index contributed by atoms with van der Waals surface area (Å²) in [4.78, 5) is 65.4. The van der Waals surface area contributed by atoms with Gasteiger partial charge in [0.15, 0.2) is 5.78 Å². The molecule has 3 saturated carbocycles. The summed E-state index contributed by atoms with van der Waals surface area (Å²) in [6.45, 7) is 8.72. The number of Topliss-reactive ketones (excluding diaryl/α,β-unsaturated/α-hetero) is 2. The summed E-state index contributed by atoms with van der Waals surface area (Å²) in [6.07, 6.45) is -4.82. The number of allylic oxidation sites excluding steroid dienone is 1. The van der Waals surface area contributed by atoms with E-state index in [0.717, 1.165) is 7.11 Å². The molecule has 5 aliphatic rings. The number of fused-ring (bicyclic) bond motifs is 2. The second-order valence-electron chi connectivity index (χ2n) is 12.5. The highest BCUT2D eigenvalue weighted by molar-refractivity contribution is 6.38. The van der Waals surface area contributed by atoms with E-state index in [2.05, 4.69) is 0 Å². The Morgan fingerprint density at radius 2 is 1.82 bits per heavy atom. The van der Waals surface area contributed by atoms with Crippen molar-refractivity contribution in [2.24, 2.45) is 40.4 Å². The average molecular weight is 549 g/mol. The zero-order valence-electron chi connectivity index (χ0n) is 23.0. The van der Waals surface area contributed by atoms with E-state index in [9.17, 15) is 34.2 Å². The fourth-order valence-corrected chi connectivity index (χ4v) is 8.56. The van der Waals surface area contributed by atoms with Crippen LogP contribution in [0.2, 0.25) is 0 Å². The lowest BCUT2D eigenvalue weighted by atomic mass is 9.37. The highest BCUT2D eigenvalue weighted by Crippen LogP contribution is 2.72. The zero-order chi connectivity index (χ0) is 28.8. The number of carbonyl (C=O) groups excluding carboxylic acids is 5. The molecular formula is C28H36O11. The number of methoxy groups -OCH3 is 1. The molecule has 0 radical (unpaired) electrons. The molecule has 0 amide bonds. The van der Waals surface area contributed by atoms with Gasteiger partial charge in [0.2, 0.25) is 17.5 Å². The first-order valence-corrected chi connectivity index (χ1v) is 13.4. The second-order valence-corrected chi connectivity index (χ2v) is 12.5.